The van der Waals surface area contributed by atoms with Crippen LogP contribution in [-0.2, 0) is 27.4 Å². The number of halogens is 4. The predicted molar refractivity (Wildman–Crippen MR) is 107 cm³/mol. The minimum absolute atomic E-state index is 0.0678. The number of rotatable bonds is 6. The third-order valence-electron chi connectivity index (χ3n) is 4.33. The van der Waals surface area contributed by atoms with E-state index in [0.717, 1.165) is 11.6 Å². The Balaban J connectivity index is 1.57. The Hall–Kier alpha value is -2.59. The monoisotopic (exact) mass is 459 g/mol. The van der Waals surface area contributed by atoms with Gasteiger partial charge in [0, 0.05) is 24.4 Å². The van der Waals surface area contributed by atoms with Crippen LogP contribution in [0.1, 0.15) is 24.0 Å². The van der Waals surface area contributed by atoms with Crippen LogP contribution in [0.4, 0.5) is 18.9 Å². The van der Waals surface area contributed by atoms with Crippen LogP contribution in [0, 0.1) is 0 Å². The molecule has 2 N–H and O–H groups in total. The zero-order valence-corrected chi connectivity index (χ0v) is 17.0. The molecule has 2 aromatic rings. The van der Waals surface area contributed by atoms with E-state index in [9.17, 15) is 26.4 Å². The average molecular weight is 460 g/mol. The van der Waals surface area contributed by atoms with Gasteiger partial charge in [0.05, 0.1) is 11.3 Å². The smallest absolute Gasteiger partial charge is 0.356 e. The summed E-state index contributed by atoms with van der Waals surface area (Å²) in [5, 5.41) is 5.90. The van der Waals surface area contributed by atoms with Gasteiger partial charge >= 0.3 is 6.18 Å². The van der Waals surface area contributed by atoms with E-state index in [4.69, 9.17) is 11.6 Å². The predicted octanol–water partition coefficient (Wildman–Crippen LogP) is 4.01. The van der Waals surface area contributed by atoms with Gasteiger partial charge in [-0.1, -0.05) is 23.7 Å². The van der Waals surface area contributed by atoms with Crippen molar-refractivity contribution in [1.29, 1.82) is 0 Å². The minimum Gasteiger partial charge on any atom is -0.356 e. The van der Waals surface area contributed by atoms with E-state index in [1.54, 1.807) is 12.1 Å². The number of carbonyl (C=O) groups is 1. The van der Waals surface area contributed by atoms with Gasteiger partial charge in [0.25, 0.3) is 10.0 Å². The number of hydrogen-bond donors (Lipinski definition) is 2. The quantitative estimate of drug-likeness (QED) is 0.683. The summed E-state index contributed by atoms with van der Waals surface area (Å²) in [6.07, 6.45) is -4.17. The van der Waals surface area contributed by atoms with E-state index < -0.39 is 21.8 Å². The van der Waals surface area contributed by atoms with E-state index in [-0.39, 0.29) is 35.2 Å². The zero-order valence-electron chi connectivity index (χ0n) is 15.5. The van der Waals surface area contributed by atoms with E-state index in [1.165, 1.54) is 0 Å². The lowest BCUT2D eigenvalue weighted by atomic mass is 10.1. The topological polar surface area (TPSA) is 87.6 Å². The van der Waals surface area contributed by atoms with E-state index in [0.29, 0.717) is 30.1 Å². The SMILES string of the molecule is O=C(CCC1=NS(=O)(=O)c2ccc(C(F)(F)F)cc2N1)NCCc1ccc(Cl)cc1. The summed E-state index contributed by atoms with van der Waals surface area (Å²) < 4.78 is 66.7. The standard InChI is InChI=1S/C19H17ClF3N3O3S/c20-14-4-1-12(2-5-14)9-10-24-18(27)8-7-17-25-15-11-13(19(21,22)23)3-6-16(15)30(28,29)26-17/h1-6,11H,7-10H2,(H,24,27)(H,25,26). The lowest BCUT2D eigenvalue weighted by Crippen LogP contribution is -2.28. The van der Waals surface area contributed by atoms with Gasteiger partial charge in [0.15, 0.2) is 0 Å². The number of fused-ring (bicyclic) bond motifs is 1. The first-order valence-electron chi connectivity index (χ1n) is 8.88. The molecule has 1 amide bonds. The molecule has 3 rings (SSSR count). The molecule has 0 aromatic heterocycles. The molecule has 0 atom stereocenters. The van der Waals surface area contributed by atoms with Crippen LogP contribution < -0.4 is 10.6 Å². The Labute approximate surface area is 176 Å². The number of amidine groups is 1. The summed E-state index contributed by atoms with van der Waals surface area (Å²) in [4.78, 5) is 11.7. The summed E-state index contributed by atoms with van der Waals surface area (Å²) in [7, 11) is -4.14. The van der Waals surface area contributed by atoms with Crippen molar-refractivity contribution >= 4 is 39.1 Å². The molecule has 2 aromatic carbocycles. The largest absolute Gasteiger partial charge is 0.416 e. The average Bonchev–Trinajstić information content (AvgIpc) is 2.66. The first-order chi connectivity index (χ1) is 14.0. The second-order valence-corrected chi connectivity index (χ2v) is 8.58. The fourth-order valence-corrected chi connectivity index (χ4v) is 4.11. The molecule has 0 spiro atoms. The minimum atomic E-state index is -4.61. The van der Waals surface area contributed by atoms with Gasteiger partial charge in [-0.2, -0.15) is 21.6 Å². The summed E-state index contributed by atoms with van der Waals surface area (Å²) in [5.74, 6) is -0.421. The third-order valence-corrected chi connectivity index (χ3v) is 5.96. The number of amides is 1. The van der Waals surface area contributed by atoms with Crippen LogP contribution in [0.5, 0.6) is 0 Å². The number of sulfonamides is 1. The van der Waals surface area contributed by atoms with Crippen LogP contribution in [-0.4, -0.2) is 26.7 Å². The molecule has 0 saturated carbocycles. The molecular formula is C19H17ClF3N3O3S. The highest BCUT2D eigenvalue weighted by atomic mass is 35.5. The molecule has 0 unspecified atom stereocenters. The van der Waals surface area contributed by atoms with Crippen molar-refractivity contribution in [3.05, 3.63) is 58.6 Å². The molecule has 6 nitrogen and oxygen atoms in total. The van der Waals surface area contributed by atoms with Crippen LogP contribution >= 0.6 is 11.6 Å². The van der Waals surface area contributed by atoms with Crippen molar-refractivity contribution in [3.8, 4) is 0 Å². The Morgan fingerprint density at radius 2 is 1.80 bits per heavy atom. The van der Waals surface area contributed by atoms with Crippen molar-refractivity contribution in [1.82, 2.24) is 5.32 Å². The van der Waals surface area contributed by atoms with Gasteiger partial charge in [-0.15, -0.1) is 4.40 Å². The maximum Gasteiger partial charge on any atom is 0.416 e. The maximum atomic E-state index is 12.9. The normalized spacial score (nSPS) is 15.0. The summed E-state index contributed by atoms with van der Waals surface area (Å²) in [5.41, 5.74) is -0.204. The summed E-state index contributed by atoms with van der Waals surface area (Å²) in [6.45, 7) is 0.371. The molecule has 160 valence electrons. The lowest BCUT2D eigenvalue weighted by Gasteiger charge is -2.19. The number of hydrogen-bond acceptors (Lipinski definition) is 4. The van der Waals surface area contributed by atoms with Crippen LogP contribution in [0.3, 0.4) is 0 Å². The van der Waals surface area contributed by atoms with Crippen molar-refractivity contribution in [2.75, 3.05) is 11.9 Å². The van der Waals surface area contributed by atoms with Crippen molar-refractivity contribution in [3.63, 3.8) is 0 Å². The Bertz CT molecular complexity index is 1080. The van der Waals surface area contributed by atoms with Crippen molar-refractivity contribution in [2.45, 2.75) is 30.3 Å². The summed E-state index contributed by atoms with van der Waals surface area (Å²) in [6, 6.07) is 9.44. The fraction of sp³-hybridized carbons (Fsp3) is 0.263. The molecule has 1 heterocycles. The number of carbonyl (C=O) groups excluding carboxylic acids is 1. The van der Waals surface area contributed by atoms with Crippen molar-refractivity contribution < 1.29 is 26.4 Å². The molecule has 0 radical (unpaired) electrons. The Kier molecular flexibility index (Phi) is 6.37. The van der Waals surface area contributed by atoms with Gasteiger partial charge in [0.1, 0.15) is 10.7 Å². The Morgan fingerprint density at radius 3 is 2.47 bits per heavy atom. The molecule has 0 aliphatic carbocycles. The van der Waals surface area contributed by atoms with E-state index >= 15 is 0 Å². The molecular weight excluding hydrogens is 443 g/mol. The molecule has 1 aliphatic rings. The molecule has 1 aliphatic heterocycles. The maximum absolute atomic E-state index is 12.9. The number of nitrogens with zero attached hydrogens (tertiary/aromatic N) is 1. The second-order valence-electron chi connectivity index (χ2n) is 6.57. The van der Waals surface area contributed by atoms with E-state index in [1.807, 2.05) is 12.1 Å². The molecule has 0 bridgehead atoms. The number of nitrogens with one attached hydrogen (secondary N) is 2. The van der Waals surface area contributed by atoms with Gasteiger partial charge in [0.2, 0.25) is 5.91 Å². The lowest BCUT2D eigenvalue weighted by molar-refractivity contribution is -0.137. The molecule has 0 saturated heterocycles. The first-order valence-corrected chi connectivity index (χ1v) is 10.7. The first kappa shape index (κ1) is 22.1. The second kappa shape index (κ2) is 8.65. The van der Waals surface area contributed by atoms with Crippen molar-refractivity contribution in [2.24, 2.45) is 4.40 Å². The Morgan fingerprint density at radius 1 is 1.10 bits per heavy atom. The highest BCUT2D eigenvalue weighted by Gasteiger charge is 2.33. The fourth-order valence-electron chi connectivity index (χ4n) is 2.83. The van der Waals surface area contributed by atoms with Crippen LogP contribution in [0.25, 0.3) is 0 Å². The van der Waals surface area contributed by atoms with Gasteiger partial charge in [-0.3, -0.25) is 4.79 Å². The molecule has 0 fully saturated rings. The molecule has 11 heteroatoms. The van der Waals surface area contributed by atoms with Crippen LogP contribution in [0.2, 0.25) is 5.02 Å². The van der Waals surface area contributed by atoms with Gasteiger partial charge in [-0.25, -0.2) is 0 Å². The number of benzene rings is 2. The number of anilines is 1. The highest BCUT2D eigenvalue weighted by Crippen LogP contribution is 2.35. The molecule has 30 heavy (non-hydrogen) atoms. The summed E-state index contributed by atoms with van der Waals surface area (Å²) >= 11 is 5.81. The highest BCUT2D eigenvalue weighted by molar-refractivity contribution is 7.90. The van der Waals surface area contributed by atoms with Crippen LogP contribution in [0.15, 0.2) is 51.8 Å². The van der Waals surface area contributed by atoms with E-state index in [2.05, 4.69) is 15.0 Å². The van der Waals surface area contributed by atoms with Gasteiger partial charge in [-0.05, 0) is 42.3 Å². The third kappa shape index (κ3) is 5.51. The van der Waals surface area contributed by atoms with Gasteiger partial charge < -0.3 is 10.6 Å². The number of alkyl halides is 3. The zero-order chi connectivity index (χ0) is 21.9.